The fourth-order valence-electron chi connectivity index (χ4n) is 6.48. The Morgan fingerprint density at radius 1 is 0.939 bits per heavy atom. The van der Waals surface area contributed by atoms with Crippen molar-refractivity contribution < 1.29 is 17.9 Å². The topological polar surface area (TPSA) is 121 Å². The summed E-state index contributed by atoms with van der Waals surface area (Å²) in [4.78, 5) is 34.7. The van der Waals surface area contributed by atoms with Gasteiger partial charge in [0.1, 0.15) is 6.61 Å². The van der Waals surface area contributed by atoms with Gasteiger partial charge in [0, 0.05) is 43.4 Å². The number of rotatable bonds is 5. The summed E-state index contributed by atoms with van der Waals surface area (Å²) < 4.78 is 36.3. The average molecular weight is 684 g/mol. The van der Waals surface area contributed by atoms with Crippen molar-refractivity contribution in [2.75, 3.05) is 49.5 Å². The second-order valence-electron chi connectivity index (χ2n) is 14.3. The summed E-state index contributed by atoms with van der Waals surface area (Å²) in [5.41, 5.74) is 5.22. The third-order valence-corrected chi connectivity index (χ3v) is 10.4. The molecule has 0 spiro atoms. The molecule has 0 radical (unpaired) electrons. The molecule has 4 bridgehead atoms. The number of aromatic nitrogens is 3. The number of anilines is 2. The first kappa shape index (κ1) is 34.3. The predicted octanol–water partition coefficient (Wildman–Crippen LogP) is 5.55. The fraction of sp³-hybridized carbons (Fsp3) is 0.405. The second-order valence-corrected chi connectivity index (χ2v) is 16.0. The molecule has 0 saturated carbocycles. The number of ether oxygens (including phenoxy) is 1. The number of nitrogens with zero attached hydrogens (tertiary/aromatic N) is 6. The van der Waals surface area contributed by atoms with Crippen LogP contribution in [0.5, 0.6) is 5.88 Å². The zero-order valence-corrected chi connectivity index (χ0v) is 29.9. The van der Waals surface area contributed by atoms with Crippen molar-refractivity contribution >= 4 is 27.6 Å². The van der Waals surface area contributed by atoms with E-state index in [0.717, 1.165) is 54.3 Å². The van der Waals surface area contributed by atoms with Gasteiger partial charge in [-0.2, -0.15) is 4.98 Å². The van der Waals surface area contributed by atoms with Crippen LogP contribution in [0.1, 0.15) is 54.4 Å². The maximum atomic E-state index is 14.5. The molecule has 4 aromatic rings. The molecule has 1 N–H and O–H groups in total. The van der Waals surface area contributed by atoms with Crippen LogP contribution >= 0.6 is 0 Å². The highest BCUT2D eigenvalue weighted by Gasteiger charge is 2.32. The van der Waals surface area contributed by atoms with Gasteiger partial charge in [0.2, 0.25) is 11.8 Å². The Morgan fingerprint density at radius 2 is 1.65 bits per heavy atom. The summed E-state index contributed by atoms with van der Waals surface area (Å²) in [6.45, 7) is 14.5. The van der Waals surface area contributed by atoms with Gasteiger partial charge in [-0.15, -0.1) is 0 Å². The lowest BCUT2D eigenvalue weighted by molar-refractivity contribution is 0.0509. The first-order valence-electron chi connectivity index (χ1n) is 16.7. The molecule has 6 rings (SSSR count). The van der Waals surface area contributed by atoms with Crippen molar-refractivity contribution in [3.63, 3.8) is 0 Å². The van der Waals surface area contributed by atoms with E-state index in [9.17, 15) is 13.2 Å². The number of likely N-dealkylation sites (N-methyl/N-ethyl adjacent to an activating group) is 1. The number of carbonyl (C=O) groups is 1. The zero-order valence-electron chi connectivity index (χ0n) is 29.1. The number of sulfonamides is 1. The smallest absolute Gasteiger partial charge is 0.264 e. The quantitative estimate of drug-likeness (QED) is 0.289. The maximum absolute atomic E-state index is 14.5. The van der Waals surface area contributed by atoms with Crippen LogP contribution in [0.15, 0.2) is 71.8 Å². The molecule has 1 fully saturated rings. The summed E-state index contributed by atoms with van der Waals surface area (Å²) in [7, 11) is -2.03. The highest BCUT2D eigenvalue weighted by atomic mass is 32.2. The molecule has 2 aliphatic rings. The summed E-state index contributed by atoms with van der Waals surface area (Å²) in [5, 5.41) is 0. The lowest BCUT2D eigenvalue weighted by Crippen LogP contribution is -2.45. The van der Waals surface area contributed by atoms with Gasteiger partial charge in [-0.3, -0.25) is 9.78 Å². The van der Waals surface area contributed by atoms with Gasteiger partial charge in [-0.05, 0) is 74.2 Å². The second kappa shape index (κ2) is 13.8. The largest absolute Gasteiger partial charge is 0.475 e. The molecule has 12 heteroatoms. The van der Waals surface area contributed by atoms with E-state index < -0.39 is 16.1 Å². The third-order valence-electron chi connectivity index (χ3n) is 9.04. The summed E-state index contributed by atoms with van der Waals surface area (Å²) in [5.74, 6) is -0.217. The fourth-order valence-corrected chi connectivity index (χ4v) is 7.47. The Morgan fingerprint density at radius 3 is 2.33 bits per heavy atom. The molecule has 2 aromatic heterocycles. The van der Waals surface area contributed by atoms with Crippen LogP contribution in [0.4, 0.5) is 11.6 Å². The Bertz CT molecular complexity index is 1920. The van der Waals surface area contributed by atoms with E-state index in [1.165, 1.54) is 12.1 Å². The lowest BCUT2D eigenvalue weighted by Gasteiger charge is -2.36. The minimum Gasteiger partial charge on any atom is -0.475 e. The van der Waals surface area contributed by atoms with Crippen LogP contribution in [-0.4, -0.2) is 85.0 Å². The monoisotopic (exact) mass is 683 g/mol. The molecular formula is C37H45N7O4S. The number of nitrogens with one attached hydrogen (secondary N) is 1. The van der Waals surface area contributed by atoms with Crippen molar-refractivity contribution in [1.82, 2.24) is 24.8 Å². The Kier molecular flexibility index (Phi) is 9.63. The van der Waals surface area contributed by atoms with Crippen molar-refractivity contribution in [2.24, 2.45) is 5.41 Å². The zero-order chi connectivity index (χ0) is 34.9. The van der Waals surface area contributed by atoms with Crippen molar-refractivity contribution in [3.8, 4) is 17.1 Å². The molecule has 11 nitrogen and oxygen atoms in total. The normalized spacial score (nSPS) is 18.5. The van der Waals surface area contributed by atoms with Crippen LogP contribution < -0.4 is 14.4 Å². The molecule has 1 atom stereocenters. The number of amides is 1. The minimum atomic E-state index is -4.16. The molecule has 2 aromatic carbocycles. The molecule has 258 valence electrons. The highest BCUT2D eigenvalue weighted by molar-refractivity contribution is 7.92. The first-order valence-corrected chi connectivity index (χ1v) is 18.1. The molecule has 49 heavy (non-hydrogen) atoms. The Labute approximate surface area is 289 Å². The standard InChI is InChI=1S/C37H45N7O4S/c1-25-9-7-10-26(2)34(25)32-20-33-40-36(39-32)41-49(46,47)31-12-8-11-27(19-31)35(45)44(30(24-48-33)21-37(3,4)5)23-28-13-14-29(22-38-28)43-17-15-42(6)16-18-43/h7-14,19-20,22,30H,15-18,21,23-24H2,1-6H3,(H,39,40,41)/t30-/m1/s1. The number of fused-ring (bicyclic) bond motifs is 4. The van der Waals surface area contributed by atoms with Crippen LogP contribution in [0.3, 0.4) is 0 Å². The number of piperazine rings is 1. The molecule has 0 unspecified atom stereocenters. The van der Waals surface area contributed by atoms with E-state index in [2.05, 4.69) is 58.4 Å². The van der Waals surface area contributed by atoms with Gasteiger partial charge in [0.25, 0.3) is 15.9 Å². The van der Waals surface area contributed by atoms with Gasteiger partial charge in [0.05, 0.1) is 40.8 Å². The van der Waals surface area contributed by atoms with E-state index in [-0.39, 0.29) is 46.8 Å². The number of benzene rings is 2. The molecule has 1 amide bonds. The Hall–Kier alpha value is -4.55. The molecule has 4 heterocycles. The number of aryl methyl sites for hydroxylation is 2. The summed E-state index contributed by atoms with van der Waals surface area (Å²) in [6, 6.07) is 17.4. The van der Waals surface area contributed by atoms with E-state index in [4.69, 9.17) is 9.72 Å². The number of hydrogen-bond donors (Lipinski definition) is 1. The average Bonchev–Trinajstić information content (AvgIpc) is 3.05. The van der Waals surface area contributed by atoms with Crippen molar-refractivity contribution in [1.29, 1.82) is 0 Å². The van der Waals surface area contributed by atoms with Crippen LogP contribution in [0.2, 0.25) is 0 Å². The minimum absolute atomic E-state index is 0.0666. The maximum Gasteiger partial charge on any atom is 0.264 e. The summed E-state index contributed by atoms with van der Waals surface area (Å²) >= 11 is 0. The van der Waals surface area contributed by atoms with Crippen LogP contribution in [-0.2, 0) is 16.6 Å². The van der Waals surface area contributed by atoms with Crippen molar-refractivity contribution in [2.45, 2.75) is 58.5 Å². The predicted molar refractivity (Wildman–Crippen MR) is 191 cm³/mol. The van der Waals surface area contributed by atoms with Gasteiger partial charge >= 0.3 is 0 Å². The first-order chi connectivity index (χ1) is 23.3. The van der Waals surface area contributed by atoms with E-state index >= 15 is 0 Å². The van der Waals surface area contributed by atoms with Crippen molar-refractivity contribution in [3.05, 3.63) is 89.2 Å². The number of hydrogen-bond acceptors (Lipinski definition) is 9. The number of carbonyl (C=O) groups excluding carboxylic acids is 1. The van der Waals surface area contributed by atoms with Crippen LogP contribution in [0.25, 0.3) is 11.3 Å². The van der Waals surface area contributed by atoms with Gasteiger partial charge in [-0.25, -0.2) is 18.1 Å². The van der Waals surface area contributed by atoms with E-state index in [0.29, 0.717) is 12.1 Å². The Balaban J connectivity index is 1.42. The SMILES string of the molecule is Cc1cccc(C)c1-c1cc2nc(n1)NS(=O)(=O)c1cccc(c1)C(=O)N(Cc1ccc(N3CCN(C)CC3)cn1)[C@H](CC(C)(C)C)CO2. The van der Waals surface area contributed by atoms with Gasteiger partial charge < -0.3 is 19.4 Å². The summed E-state index contributed by atoms with van der Waals surface area (Å²) in [6.07, 6.45) is 2.48. The van der Waals surface area contributed by atoms with Gasteiger partial charge in [0.15, 0.2) is 0 Å². The van der Waals surface area contributed by atoms with E-state index in [1.807, 2.05) is 44.3 Å². The third kappa shape index (κ3) is 8.02. The van der Waals surface area contributed by atoms with E-state index in [1.54, 1.807) is 23.1 Å². The molecule has 1 saturated heterocycles. The van der Waals surface area contributed by atoms with Gasteiger partial charge in [-0.1, -0.05) is 45.0 Å². The highest BCUT2D eigenvalue weighted by Crippen LogP contribution is 2.32. The molecule has 0 aliphatic carbocycles. The molecular weight excluding hydrogens is 639 g/mol. The lowest BCUT2D eigenvalue weighted by atomic mass is 9.87. The van der Waals surface area contributed by atoms with Crippen LogP contribution in [0, 0.1) is 19.3 Å². The molecule has 2 aliphatic heterocycles. The number of pyridine rings is 1.